The van der Waals surface area contributed by atoms with Crippen molar-refractivity contribution in [2.24, 2.45) is 17.3 Å². The monoisotopic (exact) mass is 410 g/mol. The van der Waals surface area contributed by atoms with Crippen LogP contribution in [0.1, 0.15) is 107 Å². The Labute approximate surface area is 177 Å². The largest absolute Gasteiger partial charge is 0.459 e. The van der Waals surface area contributed by atoms with Gasteiger partial charge in [-0.1, -0.05) is 53.9 Å². The molecule has 1 aliphatic heterocycles. The Bertz CT molecular complexity index is 590. The molecule has 0 amide bonds. The summed E-state index contributed by atoms with van der Waals surface area (Å²) in [6, 6.07) is 0. The average Bonchev–Trinajstić information content (AvgIpc) is 2.57. The van der Waals surface area contributed by atoms with E-state index in [1.807, 2.05) is 55.4 Å². The molecule has 0 saturated carbocycles. The SMILES string of the molecule is CC(C)CC(=O)OC1(C)C(C)C(=O)CCCCCCCC(=O)OC(C)(C)C1(C)C. The van der Waals surface area contributed by atoms with Crippen molar-refractivity contribution in [1.82, 2.24) is 0 Å². The Balaban J connectivity index is 3.36. The minimum atomic E-state index is -1.11. The maximum absolute atomic E-state index is 13.1. The summed E-state index contributed by atoms with van der Waals surface area (Å²) in [4.78, 5) is 38.2. The summed E-state index contributed by atoms with van der Waals surface area (Å²) in [6.45, 7) is 15.2. The predicted molar refractivity (Wildman–Crippen MR) is 114 cm³/mol. The van der Waals surface area contributed by atoms with E-state index in [9.17, 15) is 14.4 Å². The van der Waals surface area contributed by atoms with Crippen molar-refractivity contribution < 1.29 is 23.9 Å². The zero-order chi connectivity index (χ0) is 22.5. The Kier molecular flexibility index (Phi) is 8.91. The molecule has 1 aliphatic rings. The lowest BCUT2D eigenvalue weighted by atomic mass is 9.60. The first-order chi connectivity index (χ1) is 13.2. The molecular formula is C24H42O5. The second-order valence-electron chi connectivity index (χ2n) is 10.2. The molecule has 2 atom stereocenters. The Morgan fingerprint density at radius 2 is 1.52 bits per heavy atom. The van der Waals surface area contributed by atoms with Crippen LogP contribution < -0.4 is 0 Å². The quantitative estimate of drug-likeness (QED) is 0.564. The van der Waals surface area contributed by atoms with Gasteiger partial charge in [-0.25, -0.2) is 0 Å². The van der Waals surface area contributed by atoms with E-state index in [4.69, 9.17) is 9.47 Å². The number of esters is 2. The minimum Gasteiger partial charge on any atom is -0.459 e. The molecule has 0 spiro atoms. The molecule has 0 aromatic carbocycles. The molecule has 0 aromatic heterocycles. The van der Waals surface area contributed by atoms with Crippen molar-refractivity contribution in [3.05, 3.63) is 0 Å². The Morgan fingerprint density at radius 3 is 2.07 bits per heavy atom. The van der Waals surface area contributed by atoms with E-state index >= 15 is 0 Å². The molecule has 0 radical (unpaired) electrons. The molecule has 5 nitrogen and oxygen atoms in total. The highest BCUT2D eigenvalue weighted by molar-refractivity contribution is 5.82. The van der Waals surface area contributed by atoms with Gasteiger partial charge in [0.2, 0.25) is 0 Å². The summed E-state index contributed by atoms with van der Waals surface area (Å²) in [6.07, 6.45) is 5.71. The third kappa shape index (κ3) is 6.29. The van der Waals surface area contributed by atoms with Gasteiger partial charge in [0.05, 0.1) is 5.92 Å². The van der Waals surface area contributed by atoms with Gasteiger partial charge in [-0.3, -0.25) is 14.4 Å². The van der Waals surface area contributed by atoms with Crippen LogP contribution in [0, 0.1) is 17.3 Å². The van der Waals surface area contributed by atoms with Crippen molar-refractivity contribution in [1.29, 1.82) is 0 Å². The van der Waals surface area contributed by atoms with Crippen LogP contribution in [0.25, 0.3) is 0 Å². The predicted octanol–water partition coefficient (Wildman–Crippen LogP) is 5.63. The van der Waals surface area contributed by atoms with Crippen LogP contribution in [0.4, 0.5) is 0 Å². The molecule has 0 bridgehead atoms. The van der Waals surface area contributed by atoms with Gasteiger partial charge in [0.15, 0.2) is 0 Å². The van der Waals surface area contributed by atoms with E-state index in [1.165, 1.54) is 0 Å². The van der Waals surface area contributed by atoms with Crippen LogP contribution in [-0.4, -0.2) is 28.9 Å². The lowest BCUT2D eigenvalue weighted by Crippen LogP contribution is -2.62. The molecule has 29 heavy (non-hydrogen) atoms. The maximum Gasteiger partial charge on any atom is 0.306 e. The van der Waals surface area contributed by atoms with Gasteiger partial charge in [0.1, 0.15) is 17.0 Å². The first-order valence-corrected chi connectivity index (χ1v) is 11.2. The lowest BCUT2D eigenvalue weighted by molar-refractivity contribution is -0.220. The van der Waals surface area contributed by atoms with E-state index in [0.717, 1.165) is 32.1 Å². The lowest BCUT2D eigenvalue weighted by Gasteiger charge is -2.53. The number of hydrogen-bond donors (Lipinski definition) is 0. The summed E-state index contributed by atoms with van der Waals surface area (Å²) in [7, 11) is 0. The number of carbonyl (C=O) groups is 3. The molecular weight excluding hydrogens is 368 g/mol. The van der Waals surface area contributed by atoms with Gasteiger partial charge >= 0.3 is 11.9 Å². The summed E-state index contributed by atoms with van der Waals surface area (Å²) in [5.41, 5.74) is -2.82. The van der Waals surface area contributed by atoms with Gasteiger partial charge < -0.3 is 9.47 Å². The van der Waals surface area contributed by atoms with Crippen LogP contribution in [0.3, 0.4) is 0 Å². The summed E-state index contributed by atoms with van der Waals surface area (Å²) < 4.78 is 12.0. The zero-order valence-electron chi connectivity index (χ0n) is 19.9. The van der Waals surface area contributed by atoms with Crippen molar-refractivity contribution in [2.75, 3.05) is 0 Å². The molecule has 1 fully saturated rings. The van der Waals surface area contributed by atoms with Crippen LogP contribution in [-0.2, 0) is 23.9 Å². The van der Waals surface area contributed by atoms with Crippen molar-refractivity contribution in [2.45, 2.75) is 118 Å². The molecule has 0 aliphatic carbocycles. The standard InChI is InChI=1S/C24H42O5/c1-17(2)16-21(27)29-24(8)18(3)19(25)14-12-10-9-11-13-15-20(26)28-23(6,7)22(24,4)5/h17-18H,9-16H2,1-8H3. The number of cyclic esters (lactones) is 1. The van der Waals surface area contributed by atoms with Gasteiger partial charge in [0, 0.05) is 24.7 Å². The number of hydrogen-bond acceptors (Lipinski definition) is 5. The van der Waals surface area contributed by atoms with E-state index < -0.39 is 22.5 Å². The van der Waals surface area contributed by atoms with Gasteiger partial charge in [-0.15, -0.1) is 0 Å². The molecule has 0 N–H and O–H groups in total. The summed E-state index contributed by atoms with van der Waals surface area (Å²) in [5, 5.41) is 0. The maximum atomic E-state index is 13.1. The van der Waals surface area contributed by atoms with Gasteiger partial charge in [-0.2, -0.15) is 0 Å². The fourth-order valence-corrected chi connectivity index (χ4v) is 4.05. The third-order valence-electron chi connectivity index (χ3n) is 7.13. The van der Waals surface area contributed by atoms with Crippen LogP contribution in [0.15, 0.2) is 0 Å². The Morgan fingerprint density at radius 1 is 1.00 bits per heavy atom. The zero-order valence-corrected chi connectivity index (χ0v) is 19.9. The highest BCUT2D eigenvalue weighted by atomic mass is 16.6. The van der Waals surface area contributed by atoms with Crippen LogP contribution in [0.2, 0.25) is 0 Å². The second kappa shape index (κ2) is 10.1. The highest BCUT2D eigenvalue weighted by Gasteiger charge is 2.59. The normalized spacial score (nSPS) is 29.1. The van der Waals surface area contributed by atoms with Crippen molar-refractivity contribution in [3.8, 4) is 0 Å². The molecule has 1 rings (SSSR count). The van der Waals surface area contributed by atoms with E-state index in [1.54, 1.807) is 0 Å². The summed E-state index contributed by atoms with van der Waals surface area (Å²) in [5.74, 6) is -0.815. The smallest absolute Gasteiger partial charge is 0.306 e. The molecule has 5 heteroatoms. The van der Waals surface area contributed by atoms with E-state index in [0.29, 0.717) is 12.8 Å². The van der Waals surface area contributed by atoms with Crippen molar-refractivity contribution >= 4 is 17.7 Å². The number of Topliss-reactive ketones (excluding diaryl/α,β-unsaturated/α-hetero) is 1. The van der Waals surface area contributed by atoms with Crippen LogP contribution in [0.5, 0.6) is 0 Å². The number of rotatable bonds is 3. The third-order valence-corrected chi connectivity index (χ3v) is 7.13. The van der Waals surface area contributed by atoms with Crippen molar-refractivity contribution in [3.63, 3.8) is 0 Å². The van der Waals surface area contributed by atoms with E-state index in [-0.39, 0.29) is 30.1 Å². The molecule has 0 aromatic rings. The second-order valence-corrected chi connectivity index (χ2v) is 10.2. The molecule has 168 valence electrons. The average molecular weight is 411 g/mol. The number of ether oxygens (including phenoxy) is 2. The highest BCUT2D eigenvalue weighted by Crippen LogP contribution is 2.50. The van der Waals surface area contributed by atoms with Gasteiger partial charge in [-0.05, 0) is 39.5 Å². The fraction of sp³-hybridized carbons (Fsp3) is 0.875. The molecule has 1 saturated heterocycles. The summed E-state index contributed by atoms with van der Waals surface area (Å²) >= 11 is 0. The van der Waals surface area contributed by atoms with E-state index in [2.05, 4.69) is 0 Å². The number of ketones is 1. The van der Waals surface area contributed by atoms with Crippen LogP contribution >= 0.6 is 0 Å². The first-order valence-electron chi connectivity index (χ1n) is 11.2. The molecule has 1 heterocycles. The minimum absolute atomic E-state index is 0.0945. The Hall–Kier alpha value is -1.39. The first kappa shape index (κ1) is 25.6. The fourth-order valence-electron chi connectivity index (χ4n) is 4.05. The topological polar surface area (TPSA) is 69.7 Å². The molecule has 2 unspecified atom stereocenters. The van der Waals surface area contributed by atoms with Gasteiger partial charge in [0.25, 0.3) is 0 Å². The number of carbonyl (C=O) groups excluding carboxylic acids is 3.